The largest absolute Gasteiger partial charge is 0.356 e. The molecule has 136 valence electrons. The van der Waals surface area contributed by atoms with Crippen LogP contribution in [0.15, 0.2) is 33.6 Å². The standard InChI is InChI=1S/C18H25N3O3S/c1-13(2)9-10-19-18(22)14-6-5-11-21(12-14)17-15-7-3-4-8-16(15)25(23,24)20-17/h3-4,7-8,13-14H,5-6,9-12H2,1-2H3,(H,19,22)/t14-/m1/s1. The lowest BCUT2D eigenvalue weighted by atomic mass is 9.96. The minimum atomic E-state index is -3.62. The summed E-state index contributed by atoms with van der Waals surface area (Å²) in [5, 5.41) is 3.01. The number of hydrogen-bond acceptors (Lipinski definition) is 4. The monoisotopic (exact) mass is 363 g/mol. The minimum absolute atomic E-state index is 0.0556. The van der Waals surface area contributed by atoms with Gasteiger partial charge in [0.25, 0.3) is 10.0 Å². The van der Waals surface area contributed by atoms with Crippen molar-refractivity contribution in [2.45, 2.75) is 38.0 Å². The van der Waals surface area contributed by atoms with Crippen LogP contribution in [0, 0.1) is 11.8 Å². The average Bonchev–Trinajstić information content (AvgIpc) is 2.86. The molecule has 0 unspecified atom stereocenters. The van der Waals surface area contributed by atoms with Crippen LogP contribution in [-0.4, -0.2) is 44.7 Å². The second kappa shape index (κ2) is 7.15. The molecule has 1 N–H and O–H groups in total. The predicted octanol–water partition coefficient (Wildman–Crippen LogP) is 2.01. The van der Waals surface area contributed by atoms with Gasteiger partial charge < -0.3 is 10.2 Å². The molecule has 0 spiro atoms. The normalized spacial score (nSPS) is 21.8. The summed E-state index contributed by atoms with van der Waals surface area (Å²) in [6.45, 7) is 6.18. The van der Waals surface area contributed by atoms with E-state index in [4.69, 9.17) is 0 Å². The molecule has 1 amide bonds. The van der Waals surface area contributed by atoms with E-state index < -0.39 is 10.0 Å². The molecule has 2 heterocycles. The van der Waals surface area contributed by atoms with Crippen molar-refractivity contribution in [2.24, 2.45) is 16.2 Å². The molecule has 1 aromatic rings. The zero-order valence-corrected chi connectivity index (χ0v) is 15.6. The first-order chi connectivity index (χ1) is 11.9. The number of likely N-dealkylation sites (tertiary alicyclic amines) is 1. The Kier molecular flexibility index (Phi) is 5.13. The third-order valence-electron chi connectivity index (χ3n) is 4.73. The van der Waals surface area contributed by atoms with Gasteiger partial charge >= 0.3 is 0 Å². The zero-order valence-electron chi connectivity index (χ0n) is 14.7. The van der Waals surface area contributed by atoms with Gasteiger partial charge in [0.05, 0.1) is 5.92 Å². The van der Waals surface area contributed by atoms with Crippen molar-refractivity contribution in [1.29, 1.82) is 0 Å². The lowest BCUT2D eigenvalue weighted by Crippen LogP contribution is -2.45. The fourth-order valence-electron chi connectivity index (χ4n) is 3.33. The molecule has 25 heavy (non-hydrogen) atoms. The third-order valence-corrected chi connectivity index (χ3v) is 6.05. The van der Waals surface area contributed by atoms with Crippen LogP contribution in [0.3, 0.4) is 0 Å². The summed E-state index contributed by atoms with van der Waals surface area (Å²) in [5.41, 5.74) is 0.642. The summed E-state index contributed by atoms with van der Waals surface area (Å²) in [5.74, 6) is 0.965. The summed E-state index contributed by atoms with van der Waals surface area (Å²) >= 11 is 0. The number of nitrogens with one attached hydrogen (secondary N) is 1. The van der Waals surface area contributed by atoms with Gasteiger partial charge in [-0.1, -0.05) is 26.0 Å². The first kappa shape index (κ1) is 17.9. The van der Waals surface area contributed by atoms with Gasteiger partial charge in [0.2, 0.25) is 5.91 Å². The van der Waals surface area contributed by atoms with Gasteiger partial charge in [0, 0.05) is 25.2 Å². The Morgan fingerprint density at radius 3 is 2.88 bits per heavy atom. The van der Waals surface area contributed by atoms with E-state index in [1.54, 1.807) is 18.2 Å². The number of benzene rings is 1. The number of hydrogen-bond donors (Lipinski definition) is 1. The molecule has 7 heteroatoms. The van der Waals surface area contributed by atoms with Crippen LogP contribution in [0.1, 0.15) is 38.7 Å². The van der Waals surface area contributed by atoms with E-state index in [-0.39, 0.29) is 16.7 Å². The van der Waals surface area contributed by atoms with E-state index in [1.807, 2.05) is 11.0 Å². The van der Waals surface area contributed by atoms with Crippen molar-refractivity contribution in [3.05, 3.63) is 29.8 Å². The molecule has 3 rings (SSSR count). The topological polar surface area (TPSA) is 78.8 Å². The van der Waals surface area contributed by atoms with E-state index in [1.165, 1.54) is 0 Å². The van der Waals surface area contributed by atoms with Crippen molar-refractivity contribution >= 4 is 21.8 Å². The lowest BCUT2D eigenvalue weighted by Gasteiger charge is -2.33. The number of nitrogens with zero attached hydrogens (tertiary/aromatic N) is 2. The molecule has 1 atom stereocenters. The van der Waals surface area contributed by atoms with Crippen LogP contribution < -0.4 is 5.32 Å². The molecular formula is C18H25N3O3S. The predicted molar refractivity (Wildman–Crippen MR) is 96.9 cm³/mol. The Bertz CT molecular complexity index is 787. The number of sulfonamides is 1. The molecule has 0 radical (unpaired) electrons. The fourth-order valence-corrected chi connectivity index (χ4v) is 4.56. The number of carbonyl (C=O) groups excluding carboxylic acids is 1. The molecule has 6 nitrogen and oxygen atoms in total. The molecule has 1 aromatic carbocycles. The summed E-state index contributed by atoms with van der Waals surface area (Å²) < 4.78 is 28.4. The molecule has 1 saturated heterocycles. The van der Waals surface area contributed by atoms with E-state index in [9.17, 15) is 13.2 Å². The number of amides is 1. The SMILES string of the molecule is CC(C)CCNC(=O)[C@@H]1CCCN(C2=NS(=O)(=O)c3ccccc32)C1. The van der Waals surface area contributed by atoms with Gasteiger partial charge in [-0.05, 0) is 37.3 Å². The minimum Gasteiger partial charge on any atom is -0.356 e. The van der Waals surface area contributed by atoms with Crippen LogP contribution >= 0.6 is 0 Å². The van der Waals surface area contributed by atoms with E-state index >= 15 is 0 Å². The van der Waals surface area contributed by atoms with Gasteiger partial charge in [0.1, 0.15) is 4.90 Å². The molecule has 2 aliphatic heterocycles. The third kappa shape index (κ3) is 3.86. The van der Waals surface area contributed by atoms with Crippen molar-refractivity contribution in [2.75, 3.05) is 19.6 Å². The number of rotatable bonds is 4. The van der Waals surface area contributed by atoms with Crippen molar-refractivity contribution < 1.29 is 13.2 Å². The van der Waals surface area contributed by atoms with Crippen LogP contribution in [0.5, 0.6) is 0 Å². The van der Waals surface area contributed by atoms with E-state index in [0.29, 0.717) is 30.4 Å². The highest BCUT2D eigenvalue weighted by molar-refractivity contribution is 7.90. The Morgan fingerprint density at radius 2 is 2.12 bits per heavy atom. The van der Waals surface area contributed by atoms with Crippen LogP contribution in [-0.2, 0) is 14.8 Å². The highest BCUT2D eigenvalue weighted by Crippen LogP contribution is 2.29. The average molecular weight is 363 g/mol. The first-order valence-corrected chi connectivity index (χ1v) is 10.3. The summed E-state index contributed by atoms with van der Waals surface area (Å²) in [4.78, 5) is 14.6. The van der Waals surface area contributed by atoms with Crippen LogP contribution in [0.25, 0.3) is 0 Å². The molecule has 0 aromatic heterocycles. The molecule has 2 aliphatic rings. The Hall–Kier alpha value is -1.89. The molecule has 0 aliphatic carbocycles. The van der Waals surface area contributed by atoms with Gasteiger partial charge in [-0.2, -0.15) is 8.42 Å². The second-order valence-corrected chi connectivity index (χ2v) is 8.72. The maximum absolute atomic E-state index is 12.4. The van der Waals surface area contributed by atoms with Gasteiger partial charge in [-0.15, -0.1) is 4.40 Å². The molecular weight excluding hydrogens is 338 g/mol. The van der Waals surface area contributed by atoms with E-state index in [2.05, 4.69) is 23.6 Å². The maximum atomic E-state index is 12.4. The lowest BCUT2D eigenvalue weighted by molar-refractivity contribution is -0.126. The van der Waals surface area contributed by atoms with Crippen LogP contribution in [0.4, 0.5) is 0 Å². The van der Waals surface area contributed by atoms with Gasteiger partial charge in [-0.3, -0.25) is 4.79 Å². The Labute approximate surface area is 149 Å². The van der Waals surface area contributed by atoms with Crippen molar-refractivity contribution in [3.8, 4) is 0 Å². The molecule has 0 saturated carbocycles. The van der Waals surface area contributed by atoms with Gasteiger partial charge in [0.15, 0.2) is 5.84 Å². The summed E-state index contributed by atoms with van der Waals surface area (Å²) in [6.07, 6.45) is 2.63. The summed E-state index contributed by atoms with van der Waals surface area (Å²) in [6, 6.07) is 6.89. The van der Waals surface area contributed by atoms with Gasteiger partial charge in [-0.25, -0.2) is 0 Å². The Morgan fingerprint density at radius 1 is 1.36 bits per heavy atom. The van der Waals surface area contributed by atoms with Crippen molar-refractivity contribution in [1.82, 2.24) is 10.2 Å². The number of piperidine rings is 1. The smallest absolute Gasteiger partial charge is 0.285 e. The molecule has 0 bridgehead atoms. The number of carbonyl (C=O) groups is 1. The van der Waals surface area contributed by atoms with E-state index in [0.717, 1.165) is 25.8 Å². The quantitative estimate of drug-likeness (QED) is 0.887. The summed E-state index contributed by atoms with van der Waals surface area (Å²) in [7, 11) is -3.62. The Balaban J connectivity index is 1.71. The molecule has 1 fully saturated rings. The van der Waals surface area contributed by atoms with Crippen LogP contribution in [0.2, 0.25) is 0 Å². The number of fused-ring (bicyclic) bond motifs is 1. The number of amidine groups is 1. The highest BCUT2D eigenvalue weighted by Gasteiger charge is 2.35. The second-order valence-electron chi connectivity index (χ2n) is 7.14. The maximum Gasteiger partial charge on any atom is 0.285 e. The first-order valence-electron chi connectivity index (χ1n) is 8.85. The van der Waals surface area contributed by atoms with Crippen molar-refractivity contribution in [3.63, 3.8) is 0 Å². The highest BCUT2D eigenvalue weighted by atomic mass is 32.2. The zero-order chi connectivity index (χ0) is 18.0. The fraction of sp³-hybridized carbons (Fsp3) is 0.556.